The summed E-state index contributed by atoms with van der Waals surface area (Å²) in [7, 11) is -3.44. The van der Waals surface area contributed by atoms with Crippen LogP contribution in [0, 0.1) is 6.92 Å². The van der Waals surface area contributed by atoms with Crippen LogP contribution in [0.25, 0.3) is 0 Å². The first-order valence-corrected chi connectivity index (χ1v) is 8.55. The number of carbonyl (C=O) groups excluding carboxylic acids is 1. The van der Waals surface area contributed by atoms with Gasteiger partial charge < -0.3 is 0 Å². The van der Waals surface area contributed by atoms with Crippen molar-refractivity contribution in [1.29, 1.82) is 0 Å². The van der Waals surface area contributed by atoms with Crippen molar-refractivity contribution in [2.45, 2.75) is 18.4 Å². The SMILES string of the molecule is Cc1c(C(=O)Cl)ccc(S(C)(=O)=O)c1Cn1cc(Cl)cn1. The molecule has 8 heteroatoms. The molecular formula is C13H12Cl2N2O3S. The molecule has 0 amide bonds. The van der Waals surface area contributed by atoms with Crippen molar-refractivity contribution in [3.63, 3.8) is 0 Å². The van der Waals surface area contributed by atoms with E-state index in [0.717, 1.165) is 6.26 Å². The number of carbonyl (C=O) groups is 1. The number of hydrogen-bond acceptors (Lipinski definition) is 4. The minimum absolute atomic E-state index is 0.147. The highest BCUT2D eigenvalue weighted by Crippen LogP contribution is 2.25. The van der Waals surface area contributed by atoms with Crippen molar-refractivity contribution < 1.29 is 13.2 Å². The molecule has 0 unspecified atom stereocenters. The molecule has 1 heterocycles. The summed E-state index contributed by atoms with van der Waals surface area (Å²) in [6.07, 6.45) is 4.14. The van der Waals surface area contributed by atoms with E-state index in [2.05, 4.69) is 5.10 Å². The van der Waals surface area contributed by atoms with Crippen molar-refractivity contribution in [2.24, 2.45) is 0 Å². The molecule has 0 radical (unpaired) electrons. The Bertz CT molecular complexity index is 813. The van der Waals surface area contributed by atoms with Gasteiger partial charge in [0.05, 0.1) is 22.7 Å². The number of sulfone groups is 1. The molecule has 0 aliphatic rings. The van der Waals surface area contributed by atoms with Crippen LogP contribution in [0.1, 0.15) is 21.5 Å². The van der Waals surface area contributed by atoms with Crippen molar-refractivity contribution in [1.82, 2.24) is 9.78 Å². The van der Waals surface area contributed by atoms with Crippen molar-refractivity contribution in [3.05, 3.63) is 46.2 Å². The molecule has 112 valence electrons. The van der Waals surface area contributed by atoms with Crippen LogP contribution in [0.2, 0.25) is 5.02 Å². The van der Waals surface area contributed by atoms with Crippen molar-refractivity contribution >= 4 is 38.3 Å². The fourth-order valence-electron chi connectivity index (χ4n) is 2.08. The Hall–Kier alpha value is -1.37. The maximum Gasteiger partial charge on any atom is 0.252 e. The van der Waals surface area contributed by atoms with Gasteiger partial charge in [0, 0.05) is 18.0 Å². The van der Waals surface area contributed by atoms with Gasteiger partial charge in [-0.1, -0.05) is 11.6 Å². The van der Waals surface area contributed by atoms with Crippen LogP contribution < -0.4 is 0 Å². The predicted molar refractivity (Wildman–Crippen MR) is 80.8 cm³/mol. The first kappa shape index (κ1) is 16.0. The molecule has 2 rings (SSSR count). The minimum Gasteiger partial charge on any atom is -0.276 e. The lowest BCUT2D eigenvalue weighted by atomic mass is 10.0. The third-order valence-electron chi connectivity index (χ3n) is 3.09. The molecule has 0 aliphatic heterocycles. The van der Waals surface area contributed by atoms with Gasteiger partial charge in [0.1, 0.15) is 0 Å². The summed E-state index contributed by atoms with van der Waals surface area (Å²) in [5.74, 6) is 0. The molecule has 0 N–H and O–H groups in total. The van der Waals surface area contributed by atoms with Crippen LogP contribution in [-0.2, 0) is 16.4 Å². The van der Waals surface area contributed by atoms with E-state index in [1.807, 2.05) is 0 Å². The van der Waals surface area contributed by atoms with E-state index < -0.39 is 15.1 Å². The Kier molecular flexibility index (Phi) is 4.41. The van der Waals surface area contributed by atoms with Crippen LogP contribution in [0.3, 0.4) is 0 Å². The Morgan fingerprint density at radius 3 is 2.52 bits per heavy atom. The van der Waals surface area contributed by atoms with E-state index >= 15 is 0 Å². The van der Waals surface area contributed by atoms with E-state index in [9.17, 15) is 13.2 Å². The van der Waals surface area contributed by atoms with Gasteiger partial charge in [-0.05, 0) is 41.8 Å². The Morgan fingerprint density at radius 2 is 2.05 bits per heavy atom. The summed E-state index contributed by atoms with van der Waals surface area (Å²) in [5.41, 5.74) is 1.27. The first-order chi connectivity index (χ1) is 9.70. The lowest BCUT2D eigenvalue weighted by Crippen LogP contribution is -2.11. The fraction of sp³-hybridized carbons (Fsp3) is 0.231. The number of benzene rings is 1. The van der Waals surface area contributed by atoms with Gasteiger partial charge in [0.25, 0.3) is 5.24 Å². The molecule has 0 fully saturated rings. The van der Waals surface area contributed by atoms with Gasteiger partial charge in [-0.2, -0.15) is 5.10 Å². The lowest BCUT2D eigenvalue weighted by molar-refractivity contribution is 0.108. The normalized spacial score (nSPS) is 11.6. The second-order valence-corrected chi connectivity index (χ2v) is 7.38. The van der Waals surface area contributed by atoms with E-state index in [1.54, 1.807) is 13.1 Å². The predicted octanol–water partition coefficient (Wildman–Crippen LogP) is 2.68. The summed E-state index contributed by atoms with van der Waals surface area (Å²) in [6.45, 7) is 1.84. The van der Waals surface area contributed by atoms with Crippen LogP contribution in [0.15, 0.2) is 29.4 Å². The molecule has 0 bridgehead atoms. The number of hydrogen-bond donors (Lipinski definition) is 0. The van der Waals surface area contributed by atoms with Crippen molar-refractivity contribution in [2.75, 3.05) is 6.26 Å². The van der Waals surface area contributed by atoms with Crippen LogP contribution in [0.5, 0.6) is 0 Å². The van der Waals surface area contributed by atoms with E-state index in [-0.39, 0.29) is 17.0 Å². The summed E-state index contributed by atoms with van der Waals surface area (Å²) in [4.78, 5) is 11.6. The molecule has 5 nitrogen and oxygen atoms in total. The average molecular weight is 347 g/mol. The number of nitrogens with zero attached hydrogens (tertiary/aromatic N) is 2. The standard InChI is InChI=1S/C13H12Cl2N2O3S/c1-8-10(13(15)18)3-4-12(21(2,19)20)11(8)7-17-6-9(14)5-16-17/h3-6H,7H2,1-2H3. The Balaban J connectivity index is 2.64. The summed E-state index contributed by atoms with van der Waals surface area (Å²) >= 11 is 11.3. The van der Waals surface area contributed by atoms with Gasteiger partial charge in [-0.3, -0.25) is 9.48 Å². The summed E-state index contributed by atoms with van der Waals surface area (Å²) in [6, 6.07) is 2.80. The molecule has 0 spiro atoms. The van der Waals surface area contributed by atoms with Gasteiger partial charge in [-0.25, -0.2) is 8.42 Å². The molecule has 0 saturated heterocycles. The number of aromatic nitrogens is 2. The van der Waals surface area contributed by atoms with Gasteiger partial charge >= 0.3 is 0 Å². The van der Waals surface area contributed by atoms with Gasteiger partial charge in [0.15, 0.2) is 9.84 Å². The smallest absolute Gasteiger partial charge is 0.252 e. The second kappa shape index (κ2) is 5.79. The lowest BCUT2D eigenvalue weighted by Gasteiger charge is -2.14. The molecule has 21 heavy (non-hydrogen) atoms. The van der Waals surface area contributed by atoms with Gasteiger partial charge in [0.2, 0.25) is 0 Å². The zero-order chi connectivity index (χ0) is 15.8. The highest BCUT2D eigenvalue weighted by Gasteiger charge is 2.20. The highest BCUT2D eigenvalue weighted by molar-refractivity contribution is 7.90. The molecule has 2 aromatic rings. The quantitative estimate of drug-likeness (QED) is 0.798. The van der Waals surface area contributed by atoms with E-state index in [4.69, 9.17) is 23.2 Å². The van der Waals surface area contributed by atoms with Gasteiger partial charge in [-0.15, -0.1) is 0 Å². The minimum atomic E-state index is -3.44. The van der Waals surface area contributed by atoms with E-state index in [0.29, 0.717) is 16.1 Å². The second-order valence-electron chi connectivity index (χ2n) is 4.62. The third kappa shape index (κ3) is 3.45. The Labute approximate surface area is 132 Å². The van der Waals surface area contributed by atoms with Crippen LogP contribution in [-0.4, -0.2) is 29.7 Å². The van der Waals surface area contributed by atoms with Crippen molar-refractivity contribution in [3.8, 4) is 0 Å². The highest BCUT2D eigenvalue weighted by atomic mass is 35.5. The summed E-state index contributed by atoms with van der Waals surface area (Å²) in [5, 5.41) is 3.83. The largest absolute Gasteiger partial charge is 0.276 e. The zero-order valence-electron chi connectivity index (χ0n) is 11.3. The molecule has 0 saturated carbocycles. The molecule has 1 aromatic heterocycles. The van der Waals surface area contributed by atoms with Crippen LogP contribution >= 0.6 is 23.2 Å². The third-order valence-corrected chi connectivity index (χ3v) is 4.67. The fourth-order valence-corrected chi connectivity index (χ4v) is 3.42. The first-order valence-electron chi connectivity index (χ1n) is 5.90. The molecule has 0 aliphatic carbocycles. The average Bonchev–Trinajstić information content (AvgIpc) is 2.75. The summed E-state index contributed by atoms with van der Waals surface area (Å²) < 4.78 is 25.3. The zero-order valence-corrected chi connectivity index (χ0v) is 13.6. The monoisotopic (exact) mass is 346 g/mol. The maximum absolute atomic E-state index is 11.9. The molecular weight excluding hydrogens is 335 g/mol. The number of halogens is 2. The van der Waals surface area contributed by atoms with E-state index in [1.165, 1.54) is 23.0 Å². The molecule has 1 aromatic carbocycles. The Morgan fingerprint density at radius 1 is 1.38 bits per heavy atom. The van der Waals surface area contributed by atoms with Crippen LogP contribution in [0.4, 0.5) is 0 Å². The topological polar surface area (TPSA) is 69.0 Å². The maximum atomic E-state index is 11.9. The number of rotatable bonds is 4. The molecule has 0 atom stereocenters.